The molecule has 100 valence electrons. The van der Waals surface area contributed by atoms with Crippen molar-refractivity contribution in [3.63, 3.8) is 0 Å². The Labute approximate surface area is 114 Å². The van der Waals surface area contributed by atoms with Gasteiger partial charge in [-0.15, -0.1) is 0 Å². The lowest BCUT2D eigenvalue weighted by Gasteiger charge is -2.06. The van der Waals surface area contributed by atoms with Crippen LogP contribution in [0.1, 0.15) is 31.2 Å². The third kappa shape index (κ3) is 3.67. The Morgan fingerprint density at radius 2 is 2.05 bits per heavy atom. The summed E-state index contributed by atoms with van der Waals surface area (Å²) in [4.78, 5) is 4.06. The van der Waals surface area contributed by atoms with Gasteiger partial charge in [0.25, 0.3) is 0 Å². The molecule has 2 aromatic rings. The van der Waals surface area contributed by atoms with Crippen molar-refractivity contribution < 1.29 is 0 Å². The van der Waals surface area contributed by atoms with Crippen LogP contribution in [0.3, 0.4) is 0 Å². The maximum Gasteiger partial charge on any atom is 0.0991 e. The first-order valence-corrected chi connectivity index (χ1v) is 7.20. The highest BCUT2D eigenvalue weighted by Crippen LogP contribution is 2.33. The van der Waals surface area contributed by atoms with Crippen LogP contribution in [0.15, 0.2) is 43.0 Å². The highest BCUT2D eigenvalue weighted by molar-refractivity contribution is 5.34. The van der Waals surface area contributed by atoms with E-state index >= 15 is 0 Å². The van der Waals surface area contributed by atoms with E-state index < -0.39 is 0 Å². The lowest BCUT2D eigenvalue weighted by Crippen LogP contribution is -2.14. The van der Waals surface area contributed by atoms with Gasteiger partial charge in [0.2, 0.25) is 0 Å². The predicted octanol–water partition coefficient (Wildman–Crippen LogP) is 3.15. The molecular formula is C16H21N3. The molecule has 19 heavy (non-hydrogen) atoms. The quantitative estimate of drug-likeness (QED) is 0.770. The Hall–Kier alpha value is -1.61. The van der Waals surface area contributed by atoms with Crippen LogP contribution in [0.4, 0.5) is 0 Å². The van der Waals surface area contributed by atoms with Crippen LogP contribution >= 0.6 is 0 Å². The number of benzene rings is 1. The predicted molar refractivity (Wildman–Crippen MR) is 77.2 cm³/mol. The van der Waals surface area contributed by atoms with Gasteiger partial charge in [0.15, 0.2) is 0 Å². The molecule has 0 amide bonds. The smallest absolute Gasteiger partial charge is 0.0991 e. The molecule has 0 atom stereocenters. The van der Waals surface area contributed by atoms with E-state index in [0.29, 0.717) is 0 Å². The van der Waals surface area contributed by atoms with Gasteiger partial charge in [0, 0.05) is 24.6 Å². The monoisotopic (exact) mass is 255 g/mol. The number of imidazole rings is 1. The van der Waals surface area contributed by atoms with E-state index in [1.54, 1.807) is 6.20 Å². The van der Waals surface area contributed by atoms with Gasteiger partial charge < -0.3 is 9.88 Å². The van der Waals surface area contributed by atoms with Crippen LogP contribution in [0.25, 0.3) is 5.69 Å². The number of aromatic nitrogens is 2. The third-order valence-electron chi connectivity index (χ3n) is 3.73. The molecule has 1 aromatic carbocycles. The van der Waals surface area contributed by atoms with Crippen molar-refractivity contribution in [2.75, 3.05) is 6.54 Å². The first-order chi connectivity index (χ1) is 9.42. The zero-order valence-corrected chi connectivity index (χ0v) is 11.3. The van der Waals surface area contributed by atoms with Crippen molar-refractivity contribution in [1.82, 2.24) is 14.9 Å². The summed E-state index contributed by atoms with van der Waals surface area (Å²) in [5.74, 6) is 1.05. The summed E-state index contributed by atoms with van der Waals surface area (Å²) in [7, 11) is 0. The minimum Gasteiger partial charge on any atom is -0.313 e. The summed E-state index contributed by atoms with van der Waals surface area (Å²) in [5, 5.41) is 3.52. The Morgan fingerprint density at radius 3 is 2.74 bits per heavy atom. The summed E-state index contributed by atoms with van der Waals surface area (Å²) in [6.45, 7) is 2.11. The standard InChI is InChI=1S/C16H21N3/c1(2-14-3-4-14)9-17-12-15-5-7-16(8-6-15)19-11-10-18-13-19/h5-8,10-11,13-14,17H,1-4,9,12H2. The van der Waals surface area contributed by atoms with Crippen LogP contribution in [0.5, 0.6) is 0 Å². The topological polar surface area (TPSA) is 29.9 Å². The molecule has 3 rings (SSSR count). The molecule has 1 saturated carbocycles. The number of nitrogens with zero attached hydrogens (tertiary/aromatic N) is 2. The number of hydrogen-bond acceptors (Lipinski definition) is 2. The van der Waals surface area contributed by atoms with E-state index in [-0.39, 0.29) is 0 Å². The Kier molecular flexibility index (Phi) is 3.94. The third-order valence-corrected chi connectivity index (χ3v) is 3.73. The van der Waals surface area contributed by atoms with E-state index in [4.69, 9.17) is 0 Å². The van der Waals surface area contributed by atoms with Gasteiger partial charge in [-0.2, -0.15) is 0 Å². The Balaban J connectivity index is 1.43. The second-order valence-corrected chi connectivity index (χ2v) is 5.40. The van der Waals surface area contributed by atoms with Gasteiger partial charge >= 0.3 is 0 Å². The van der Waals surface area contributed by atoms with Crippen LogP contribution in [0, 0.1) is 5.92 Å². The molecule has 0 saturated heterocycles. The normalized spacial score (nSPS) is 14.7. The van der Waals surface area contributed by atoms with Gasteiger partial charge in [0.05, 0.1) is 6.33 Å². The largest absolute Gasteiger partial charge is 0.313 e. The molecule has 0 spiro atoms. The summed E-state index contributed by atoms with van der Waals surface area (Å²) < 4.78 is 2.02. The fourth-order valence-corrected chi connectivity index (χ4v) is 2.35. The molecule has 0 radical (unpaired) electrons. The summed E-state index contributed by atoms with van der Waals surface area (Å²) in [6.07, 6.45) is 11.3. The van der Waals surface area contributed by atoms with E-state index in [2.05, 4.69) is 34.6 Å². The lowest BCUT2D eigenvalue weighted by atomic mass is 10.2. The van der Waals surface area contributed by atoms with Crippen molar-refractivity contribution in [1.29, 1.82) is 0 Å². The minimum absolute atomic E-state index is 0.967. The fraction of sp³-hybridized carbons (Fsp3) is 0.438. The van der Waals surface area contributed by atoms with E-state index in [9.17, 15) is 0 Å². The van der Waals surface area contributed by atoms with E-state index in [1.807, 2.05) is 17.1 Å². The zero-order valence-electron chi connectivity index (χ0n) is 11.3. The maximum absolute atomic E-state index is 4.06. The summed E-state index contributed by atoms with van der Waals surface area (Å²) in [5.41, 5.74) is 2.50. The average molecular weight is 255 g/mol. The number of nitrogens with one attached hydrogen (secondary N) is 1. The number of hydrogen-bond donors (Lipinski definition) is 1. The molecule has 1 fully saturated rings. The van der Waals surface area contributed by atoms with Crippen LogP contribution in [-0.4, -0.2) is 16.1 Å². The van der Waals surface area contributed by atoms with E-state index in [0.717, 1.165) is 24.7 Å². The molecule has 3 nitrogen and oxygen atoms in total. The first-order valence-electron chi connectivity index (χ1n) is 7.20. The molecule has 0 unspecified atom stereocenters. The zero-order chi connectivity index (χ0) is 12.9. The number of rotatable bonds is 7. The molecule has 0 aliphatic heterocycles. The first kappa shape index (κ1) is 12.4. The van der Waals surface area contributed by atoms with Gasteiger partial charge in [-0.25, -0.2) is 4.98 Å². The van der Waals surface area contributed by atoms with Gasteiger partial charge in [-0.05, 0) is 43.0 Å². The summed E-state index contributed by atoms with van der Waals surface area (Å²) in [6, 6.07) is 8.65. The van der Waals surface area contributed by atoms with Gasteiger partial charge in [-0.3, -0.25) is 0 Å². The highest BCUT2D eigenvalue weighted by Gasteiger charge is 2.19. The maximum atomic E-state index is 4.06. The van der Waals surface area contributed by atoms with Gasteiger partial charge in [-0.1, -0.05) is 25.0 Å². The molecular weight excluding hydrogens is 234 g/mol. The molecule has 1 aromatic heterocycles. The Morgan fingerprint density at radius 1 is 1.21 bits per heavy atom. The second kappa shape index (κ2) is 6.02. The van der Waals surface area contributed by atoms with E-state index in [1.165, 1.54) is 31.2 Å². The molecule has 1 N–H and O–H groups in total. The summed E-state index contributed by atoms with van der Waals surface area (Å²) >= 11 is 0. The van der Waals surface area contributed by atoms with Crippen molar-refractivity contribution in [3.8, 4) is 5.69 Å². The SMILES string of the molecule is c1cn(-c2ccc(CNCCCC3CC3)cc2)cn1. The molecule has 1 aliphatic carbocycles. The Bertz CT molecular complexity index is 483. The molecule has 1 aliphatic rings. The fourth-order valence-electron chi connectivity index (χ4n) is 2.35. The average Bonchev–Trinajstić information content (AvgIpc) is 3.11. The second-order valence-electron chi connectivity index (χ2n) is 5.40. The van der Waals surface area contributed by atoms with Crippen LogP contribution < -0.4 is 5.32 Å². The molecule has 3 heteroatoms. The van der Waals surface area contributed by atoms with Crippen molar-refractivity contribution in [3.05, 3.63) is 48.5 Å². The highest BCUT2D eigenvalue weighted by atomic mass is 15.0. The van der Waals surface area contributed by atoms with Crippen LogP contribution in [-0.2, 0) is 6.54 Å². The van der Waals surface area contributed by atoms with Crippen molar-refractivity contribution in [2.45, 2.75) is 32.2 Å². The molecule has 0 bridgehead atoms. The van der Waals surface area contributed by atoms with Crippen molar-refractivity contribution >= 4 is 0 Å². The minimum atomic E-state index is 0.967. The molecule has 1 heterocycles. The lowest BCUT2D eigenvalue weighted by molar-refractivity contribution is 0.594. The van der Waals surface area contributed by atoms with Crippen LogP contribution in [0.2, 0.25) is 0 Å². The van der Waals surface area contributed by atoms with Crippen molar-refractivity contribution in [2.24, 2.45) is 5.92 Å². The van der Waals surface area contributed by atoms with Gasteiger partial charge in [0.1, 0.15) is 0 Å².